The highest BCUT2D eigenvalue weighted by Gasteiger charge is 2.28. The first kappa shape index (κ1) is 15.2. The number of fused-ring (bicyclic) bond motifs is 1. The number of rotatable bonds is 7. The molecule has 5 N–H and O–H groups in total. The van der Waals surface area contributed by atoms with Gasteiger partial charge < -0.3 is 25.0 Å². The molecule has 2 aromatic rings. The zero-order valence-electron chi connectivity index (χ0n) is 11.7. The number of H-pyrrole nitrogens is 1. The summed E-state index contributed by atoms with van der Waals surface area (Å²) in [4.78, 5) is 28.7. The monoisotopic (exact) mass is 330 g/mol. The topological polar surface area (TPSA) is 147 Å². The van der Waals surface area contributed by atoms with Crippen molar-refractivity contribution in [1.82, 2.24) is 15.0 Å². The van der Waals surface area contributed by atoms with E-state index in [0.29, 0.717) is 23.6 Å². The van der Waals surface area contributed by atoms with E-state index >= 15 is 0 Å². The number of aromatic amines is 1. The van der Waals surface area contributed by atoms with E-state index in [1.807, 2.05) is 0 Å². The number of nitrogens with zero attached hydrogens (tertiary/aromatic N) is 3. The summed E-state index contributed by atoms with van der Waals surface area (Å²) in [6.07, 6.45) is 3.24. The number of nitrogen functional groups attached to an aromatic ring is 1. The Hall–Kier alpha value is -1.74. The number of anilines is 1. The summed E-state index contributed by atoms with van der Waals surface area (Å²) in [5, 5.41) is 0. The lowest BCUT2D eigenvalue weighted by molar-refractivity contribution is -0.674. The fourth-order valence-electron chi connectivity index (χ4n) is 1.93. The van der Waals surface area contributed by atoms with Crippen molar-refractivity contribution in [2.45, 2.75) is 25.5 Å². The fraction of sp³-hybridized carbons (Fsp3) is 0.545. The average molecular weight is 330 g/mol. The molecule has 0 unspecified atom stereocenters. The van der Waals surface area contributed by atoms with Gasteiger partial charge in [0.05, 0.1) is 13.2 Å². The SMILES string of the molecule is Nc1nc(OC2CC2)c2[nH]c[n+](CCOCP(=O)(O)O)c2n1. The van der Waals surface area contributed by atoms with Crippen molar-refractivity contribution in [1.29, 1.82) is 0 Å². The van der Waals surface area contributed by atoms with E-state index in [1.54, 1.807) is 10.9 Å². The molecule has 0 radical (unpaired) electrons. The highest BCUT2D eigenvalue weighted by Crippen LogP contribution is 2.33. The van der Waals surface area contributed by atoms with Gasteiger partial charge in [-0.2, -0.15) is 4.98 Å². The standard InChI is InChI=1S/C11H16N5O5P/c12-11-14-9-8(10(15-11)21-7-1-2-7)13-5-16(9)3-4-20-6-22(17,18)19/h5,7H,1-4,6H2,(H4,12,14,15,17,18,19)/p+1. The van der Waals surface area contributed by atoms with Crippen LogP contribution in [-0.4, -0.2) is 43.8 Å². The number of hydrogen-bond acceptors (Lipinski definition) is 6. The Labute approximate surface area is 125 Å². The number of aromatic nitrogens is 4. The number of nitrogens with one attached hydrogen (secondary N) is 1. The Kier molecular flexibility index (Phi) is 4.00. The first-order valence-corrected chi connectivity index (χ1v) is 8.55. The molecular weight excluding hydrogens is 313 g/mol. The highest BCUT2D eigenvalue weighted by atomic mass is 31.2. The molecule has 22 heavy (non-hydrogen) atoms. The zero-order valence-corrected chi connectivity index (χ0v) is 12.6. The van der Waals surface area contributed by atoms with Crippen LogP contribution in [0.15, 0.2) is 6.33 Å². The Morgan fingerprint density at radius 3 is 2.91 bits per heavy atom. The third-order valence-corrected chi connectivity index (χ3v) is 3.57. The Morgan fingerprint density at radius 1 is 1.45 bits per heavy atom. The minimum atomic E-state index is -4.15. The summed E-state index contributed by atoms with van der Waals surface area (Å²) in [5.74, 6) is 0.521. The van der Waals surface area contributed by atoms with E-state index in [9.17, 15) is 4.57 Å². The van der Waals surface area contributed by atoms with Crippen molar-refractivity contribution in [2.24, 2.45) is 0 Å². The van der Waals surface area contributed by atoms with Crippen LogP contribution in [0.3, 0.4) is 0 Å². The van der Waals surface area contributed by atoms with Gasteiger partial charge in [-0.15, -0.1) is 0 Å². The number of nitrogens with two attached hydrogens (primary N) is 1. The quantitative estimate of drug-likeness (QED) is 0.302. The molecule has 1 saturated carbocycles. The van der Waals surface area contributed by atoms with Crippen LogP contribution in [0, 0.1) is 0 Å². The minimum absolute atomic E-state index is 0.104. The van der Waals surface area contributed by atoms with E-state index in [-0.39, 0.29) is 18.7 Å². The molecule has 11 heteroatoms. The van der Waals surface area contributed by atoms with Gasteiger partial charge in [0.2, 0.25) is 5.52 Å². The average Bonchev–Trinajstić information content (AvgIpc) is 3.13. The predicted octanol–water partition coefficient (Wildman–Crippen LogP) is -0.479. The molecule has 2 aromatic heterocycles. The predicted molar refractivity (Wildman–Crippen MR) is 75.0 cm³/mol. The second-order valence-electron chi connectivity index (χ2n) is 5.07. The molecule has 0 saturated heterocycles. The maximum absolute atomic E-state index is 10.7. The number of ether oxygens (including phenoxy) is 2. The van der Waals surface area contributed by atoms with Gasteiger partial charge in [-0.25, -0.2) is 4.57 Å². The molecule has 0 spiro atoms. The molecular formula is C11H17N5O5P+. The van der Waals surface area contributed by atoms with Gasteiger partial charge in [0.15, 0.2) is 6.33 Å². The van der Waals surface area contributed by atoms with Crippen molar-refractivity contribution in [3.8, 4) is 5.88 Å². The molecule has 1 aliphatic carbocycles. The molecule has 120 valence electrons. The number of hydrogen-bond donors (Lipinski definition) is 4. The maximum atomic E-state index is 10.7. The molecule has 1 aliphatic rings. The van der Waals surface area contributed by atoms with Crippen molar-refractivity contribution in [2.75, 3.05) is 18.7 Å². The van der Waals surface area contributed by atoms with Gasteiger partial charge in [0, 0.05) is 0 Å². The van der Waals surface area contributed by atoms with E-state index in [0.717, 1.165) is 12.8 Å². The van der Waals surface area contributed by atoms with Crippen LogP contribution in [-0.2, 0) is 15.8 Å². The lowest BCUT2D eigenvalue weighted by Gasteiger charge is -2.04. The summed E-state index contributed by atoms with van der Waals surface area (Å²) < 4.78 is 23.1. The summed E-state index contributed by atoms with van der Waals surface area (Å²) in [7, 11) is -4.15. The largest absolute Gasteiger partial charge is 0.472 e. The van der Waals surface area contributed by atoms with Crippen LogP contribution in [0.2, 0.25) is 0 Å². The molecule has 0 amide bonds. The van der Waals surface area contributed by atoms with Crippen LogP contribution >= 0.6 is 7.60 Å². The third-order valence-electron chi connectivity index (χ3n) is 3.05. The van der Waals surface area contributed by atoms with Gasteiger partial charge in [0.25, 0.3) is 5.88 Å². The van der Waals surface area contributed by atoms with E-state index < -0.39 is 13.9 Å². The van der Waals surface area contributed by atoms with Gasteiger partial charge in [-0.1, -0.05) is 4.98 Å². The molecule has 3 rings (SSSR count). The maximum Gasteiger partial charge on any atom is 0.350 e. The normalized spacial score (nSPS) is 15.4. The van der Waals surface area contributed by atoms with Gasteiger partial charge in [-0.3, -0.25) is 9.55 Å². The lowest BCUT2D eigenvalue weighted by atomic mass is 10.5. The van der Waals surface area contributed by atoms with Gasteiger partial charge in [-0.05, 0) is 12.8 Å². The molecule has 0 atom stereocenters. The van der Waals surface area contributed by atoms with Crippen LogP contribution in [0.5, 0.6) is 5.88 Å². The smallest absolute Gasteiger partial charge is 0.350 e. The summed E-state index contributed by atoms with van der Waals surface area (Å²) in [6, 6.07) is 0. The second-order valence-corrected chi connectivity index (χ2v) is 6.66. The van der Waals surface area contributed by atoms with E-state index in [4.69, 9.17) is 25.0 Å². The summed E-state index contributed by atoms with van der Waals surface area (Å²) >= 11 is 0. The van der Waals surface area contributed by atoms with Crippen molar-refractivity contribution < 1.29 is 28.4 Å². The summed E-state index contributed by atoms with van der Waals surface area (Å²) in [6.45, 7) is 0.491. The van der Waals surface area contributed by atoms with Gasteiger partial charge in [0.1, 0.15) is 12.5 Å². The lowest BCUT2D eigenvalue weighted by Crippen LogP contribution is -2.35. The molecule has 0 aliphatic heterocycles. The first-order valence-electron chi connectivity index (χ1n) is 6.75. The second kappa shape index (κ2) is 5.81. The number of imidazole rings is 1. The van der Waals surface area contributed by atoms with Crippen molar-refractivity contribution in [3.05, 3.63) is 6.33 Å². The Balaban J connectivity index is 1.73. The molecule has 1 fully saturated rings. The Morgan fingerprint density at radius 2 is 2.23 bits per heavy atom. The minimum Gasteiger partial charge on any atom is -0.472 e. The van der Waals surface area contributed by atoms with Crippen molar-refractivity contribution >= 4 is 24.7 Å². The molecule has 0 aromatic carbocycles. The van der Waals surface area contributed by atoms with Crippen molar-refractivity contribution in [3.63, 3.8) is 0 Å². The van der Waals surface area contributed by atoms with Crippen LogP contribution in [0.25, 0.3) is 11.2 Å². The fourth-order valence-corrected chi connectivity index (χ4v) is 2.30. The third kappa shape index (κ3) is 3.72. The molecule has 10 nitrogen and oxygen atoms in total. The first-order chi connectivity index (χ1) is 10.4. The van der Waals surface area contributed by atoms with Crippen LogP contribution < -0.4 is 15.0 Å². The highest BCUT2D eigenvalue weighted by molar-refractivity contribution is 7.51. The van der Waals surface area contributed by atoms with Crippen LogP contribution in [0.1, 0.15) is 12.8 Å². The van der Waals surface area contributed by atoms with Crippen LogP contribution in [0.4, 0.5) is 5.95 Å². The molecule has 0 bridgehead atoms. The zero-order chi connectivity index (χ0) is 15.7. The Bertz CT molecular complexity index is 725. The molecule has 2 heterocycles. The summed E-state index contributed by atoms with van der Waals surface area (Å²) in [5.41, 5.74) is 6.89. The van der Waals surface area contributed by atoms with E-state index in [1.165, 1.54) is 0 Å². The van der Waals surface area contributed by atoms with E-state index in [2.05, 4.69) is 15.0 Å². The van der Waals surface area contributed by atoms with Gasteiger partial charge >= 0.3 is 19.2 Å².